The van der Waals surface area contributed by atoms with E-state index < -0.39 is 11.0 Å². The molecule has 0 fully saturated rings. The van der Waals surface area contributed by atoms with Crippen LogP contribution in [0.5, 0.6) is 0 Å². The highest BCUT2D eigenvalue weighted by atomic mass is 32.1. The van der Waals surface area contributed by atoms with Crippen LogP contribution in [-0.2, 0) is 0 Å². The van der Waals surface area contributed by atoms with E-state index in [-0.39, 0.29) is 11.7 Å². The predicted molar refractivity (Wildman–Crippen MR) is 77.0 cm³/mol. The van der Waals surface area contributed by atoms with Crippen molar-refractivity contribution in [3.05, 3.63) is 62.8 Å². The van der Waals surface area contributed by atoms with Gasteiger partial charge in [0, 0.05) is 17.0 Å². The van der Waals surface area contributed by atoms with Crippen LogP contribution in [0, 0.1) is 10.1 Å². The summed E-state index contributed by atoms with van der Waals surface area (Å²) in [7, 11) is 0. The molecule has 0 radical (unpaired) electrons. The highest BCUT2D eigenvalue weighted by molar-refractivity contribution is 7.10. The van der Waals surface area contributed by atoms with E-state index in [2.05, 4.69) is 5.32 Å². The Labute approximate surface area is 119 Å². The molecule has 0 aliphatic carbocycles. The zero-order valence-electron chi connectivity index (χ0n) is 10.7. The molecule has 1 aromatic heterocycles. The molecule has 2 rings (SSSR count). The number of nitro groups is 1. The third-order valence-corrected chi connectivity index (χ3v) is 3.33. The SMILES string of the molecule is C[C@H](NC(=O)O)c1cccs1.O=[N+]([O-])c1ccccc1. The van der Waals surface area contributed by atoms with Crippen LogP contribution in [-0.4, -0.2) is 16.1 Å². The van der Waals surface area contributed by atoms with E-state index in [1.54, 1.807) is 29.5 Å². The van der Waals surface area contributed by atoms with Crippen molar-refractivity contribution >= 4 is 23.1 Å². The van der Waals surface area contributed by atoms with Crippen LogP contribution in [0.3, 0.4) is 0 Å². The van der Waals surface area contributed by atoms with Crippen LogP contribution >= 0.6 is 11.3 Å². The molecule has 1 heterocycles. The number of hydrogen-bond acceptors (Lipinski definition) is 4. The van der Waals surface area contributed by atoms with Gasteiger partial charge in [0.05, 0.1) is 11.0 Å². The van der Waals surface area contributed by atoms with Crippen LogP contribution in [0.1, 0.15) is 17.8 Å². The molecule has 0 spiro atoms. The maximum atomic E-state index is 10.2. The maximum absolute atomic E-state index is 10.2. The third-order valence-electron chi connectivity index (χ3n) is 2.28. The molecule has 6 nitrogen and oxygen atoms in total. The smallest absolute Gasteiger partial charge is 0.405 e. The molecule has 0 saturated carbocycles. The number of benzene rings is 1. The van der Waals surface area contributed by atoms with Gasteiger partial charge in [-0.1, -0.05) is 24.3 Å². The fourth-order valence-electron chi connectivity index (χ4n) is 1.34. The molecule has 2 aromatic rings. The largest absolute Gasteiger partial charge is 0.465 e. The lowest BCUT2D eigenvalue weighted by atomic mass is 10.3. The second kappa shape index (κ2) is 7.90. The van der Waals surface area contributed by atoms with Gasteiger partial charge in [0.15, 0.2) is 0 Å². The van der Waals surface area contributed by atoms with E-state index >= 15 is 0 Å². The summed E-state index contributed by atoms with van der Waals surface area (Å²) in [5.41, 5.74) is 0.137. The molecule has 0 aliphatic rings. The molecule has 1 atom stereocenters. The van der Waals surface area contributed by atoms with Gasteiger partial charge in [-0.25, -0.2) is 4.79 Å². The van der Waals surface area contributed by atoms with E-state index in [4.69, 9.17) is 5.11 Å². The average molecular weight is 294 g/mol. The molecule has 106 valence electrons. The third kappa shape index (κ3) is 5.49. The quantitative estimate of drug-likeness (QED) is 0.667. The van der Waals surface area contributed by atoms with Crippen molar-refractivity contribution in [1.82, 2.24) is 5.32 Å². The second-order valence-electron chi connectivity index (χ2n) is 3.78. The fourth-order valence-corrected chi connectivity index (χ4v) is 2.08. The molecule has 0 bridgehead atoms. The molecule has 2 N–H and O–H groups in total. The number of thiophene rings is 1. The lowest BCUT2D eigenvalue weighted by Crippen LogP contribution is -2.23. The zero-order valence-corrected chi connectivity index (χ0v) is 11.5. The van der Waals surface area contributed by atoms with Gasteiger partial charge in [-0.15, -0.1) is 11.3 Å². The summed E-state index contributed by atoms with van der Waals surface area (Å²) in [5.74, 6) is 0. The molecule has 7 heteroatoms. The van der Waals surface area contributed by atoms with Gasteiger partial charge in [0.1, 0.15) is 0 Å². The second-order valence-corrected chi connectivity index (χ2v) is 4.76. The topological polar surface area (TPSA) is 92.5 Å². The van der Waals surface area contributed by atoms with Crippen molar-refractivity contribution in [3.8, 4) is 0 Å². The van der Waals surface area contributed by atoms with E-state index in [1.165, 1.54) is 12.1 Å². The van der Waals surface area contributed by atoms with E-state index in [1.807, 2.05) is 24.4 Å². The summed E-state index contributed by atoms with van der Waals surface area (Å²) in [4.78, 5) is 20.8. The molecule has 0 saturated heterocycles. The Balaban J connectivity index is 0.000000204. The monoisotopic (exact) mass is 294 g/mol. The Bertz CT molecular complexity index is 543. The van der Waals surface area contributed by atoms with Gasteiger partial charge >= 0.3 is 6.09 Å². The summed E-state index contributed by atoms with van der Waals surface area (Å²) in [6.07, 6.45) is -0.981. The number of amides is 1. The Hall–Kier alpha value is -2.41. The number of hydrogen-bond donors (Lipinski definition) is 2. The average Bonchev–Trinajstić information content (AvgIpc) is 2.93. The van der Waals surface area contributed by atoms with Gasteiger partial charge in [-0.2, -0.15) is 0 Å². The number of nitrogens with zero attached hydrogens (tertiary/aromatic N) is 1. The first kappa shape index (κ1) is 15.6. The summed E-state index contributed by atoms with van der Waals surface area (Å²) in [6.45, 7) is 1.82. The molecular weight excluding hydrogens is 280 g/mol. The first-order valence-electron chi connectivity index (χ1n) is 5.73. The van der Waals surface area contributed by atoms with E-state index in [0.717, 1.165) is 4.88 Å². The Kier molecular flexibility index (Phi) is 6.18. The van der Waals surface area contributed by atoms with Gasteiger partial charge in [-0.05, 0) is 18.4 Å². The van der Waals surface area contributed by atoms with Gasteiger partial charge in [0.25, 0.3) is 5.69 Å². The normalized spacial score (nSPS) is 10.8. The number of carbonyl (C=O) groups is 1. The highest BCUT2D eigenvalue weighted by Crippen LogP contribution is 2.17. The summed E-state index contributed by atoms with van der Waals surface area (Å²) < 4.78 is 0. The van der Waals surface area contributed by atoms with Crippen molar-refractivity contribution in [3.63, 3.8) is 0 Å². The Morgan fingerprint density at radius 2 is 1.95 bits per heavy atom. The number of rotatable bonds is 3. The molecule has 1 aromatic carbocycles. The summed E-state index contributed by atoms with van der Waals surface area (Å²) in [5, 5.41) is 22.7. The number of para-hydroxylation sites is 1. The Morgan fingerprint density at radius 3 is 2.35 bits per heavy atom. The standard InChI is InChI=1S/C7H9NO2S.C6H5NO2/c1-5(8-7(9)10)6-3-2-4-11-6;8-7(9)6-4-2-1-3-5-6/h2-5,8H,1H3,(H,9,10);1-5H/t5-;/m0./s1. The molecule has 0 aliphatic heterocycles. The predicted octanol–water partition coefficient (Wildman–Crippen LogP) is 3.67. The van der Waals surface area contributed by atoms with Crippen molar-refractivity contribution in [1.29, 1.82) is 0 Å². The summed E-state index contributed by atoms with van der Waals surface area (Å²) in [6, 6.07) is 11.6. The lowest BCUT2D eigenvalue weighted by molar-refractivity contribution is -0.384. The minimum Gasteiger partial charge on any atom is -0.465 e. The van der Waals surface area contributed by atoms with Gasteiger partial charge in [-0.3, -0.25) is 10.1 Å². The van der Waals surface area contributed by atoms with E-state index in [9.17, 15) is 14.9 Å². The lowest BCUT2D eigenvalue weighted by Gasteiger charge is -2.07. The molecule has 1 amide bonds. The molecule has 20 heavy (non-hydrogen) atoms. The van der Waals surface area contributed by atoms with Gasteiger partial charge in [0.2, 0.25) is 0 Å². The van der Waals surface area contributed by atoms with Crippen LogP contribution in [0.2, 0.25) is 0 Å². The fraction of sp³-hybridized carbons (Fsp3) is 0.154. The maximum Gasteiger partial charge on any atom is 0.405 e. The first-order chi connectivity index (χ1) is 9.50. The number of carboxylic acid groups (broad SMARTS) is 1. The highest BCUT2D eigenvalue weighted by Gasteiger charge is 2.07. The van der Waals surface area contributed by atoms with Crippen LogP contribution < -0.4 is 5.32 Å². The minimum absolute atomic E-state index is 0.104. The van der Waals surface area contributed by atoms with Crippen molar-refractivity contribution in [2.75, 3.05) is 0 Å². The minimum atomic E-state index is -0.981. The molecule has 0 unspecified atom stereocenters. The number of nitrogens with one attached hydrogen (secondary N) is 1. The number of nitro benzene ring substituents is 1. The number of non-ortho nitro benzene ring substituents is 1. The van der Waals surface area contributed by atoms with Crippen LogP contribution in [0.15, 0.2) is 47.8 Å². The molecular formula is C13H14N2O4S. The summed E-state index contributed by atoms with van der Waals surface area (Å²) >= 11 is 1.55. The van der Waals surface area contributed by atoms with Crippen molar-refractivity contribution in [2.24, 2.45) is 0 Å². The van der Waals surface area contributed by atoms with Gasteiger partial charge < -0.3 is 10.4 Å². The van der Waals surface area contributed by atoms with E-state index in [0.29, 0.717) is 0 Å². The van der Waals surface area contributed by atoms with Crippen LogP contribution in [0.25, 0.3) is 0 Å². The Morgan fingerprint density at radius 1 is 1.30 bits per heavy atom. The van der Waals surface area contributed by atoms with Crippen LogP contribution in [0.4, 0.5) is 10.5 Å². The van der Waals surface area contributed by atoms with Crippen molar-refractivity contribution < 1.29 is 14.8 Å². The van der Waals surface area contributed by atoms with Crippen molar-refractivity contribution in [2.45, 2.75) is 13.0 Å². The first-order valence-corrected chi connectivity index (χ1v) is 6.61. The zero-order chi connectivity index (χ0) is 15.0.